The summed E-state index contributed by atoms with van der Waals surface area (Å²) in [5, 5.41) is 4.11. The van der Waals surface area contributed by atoms with Gasteiger partial charge in [0.25, 0.3) is 5.91 Å². The first kappa shape index (κ1) is 21.7. The third kappa shape index (κ3) is 3.64. The molecular weight excluding hydrogens is 466 g/mol. The van der Waals surface area contributed by atoms with Gasteiger partial charge in [0, 0.05) is 43.7 Å². The van der Waals surface area contributed by atoms with E-state index in [1.807, 2.05) is 37.4 Å². The third-order valence-corrected chi connectivity index (χ3v) is 7.03. The van der Waals surface area contributed by atoms with Crippen molar-refractivity contribution in [3.63, 3.8) is 0 Å². The van der Waals surface area contributed by atoms with Gasteiger partial charge in [0.15, 0.2) is 5.82 Å². The largest absolute Gasteiger partial charge is 0.339 e. The second kappa shape index (κ2) is 8.22. The topological polar surface area (TPSA) is 110 Å². The van der Waals surface area contributed by atoms with E-state index >= 15 is 0 Å². The molecule has 2 aliphatic rings. The Kier molecular flexibility index (Phi) is 4.82. The predicted molar refractivity (Wildman–Crippen MR) is 136 cm³/mol. The van der Waals surface area contributed by atoms with Crippen molar-refractivity contribution in [2.75, 3.05) is 0 Å². The Labute approximate surface area is 213 Å². The highest BCUT2D eigenvalue weighted by molar-refractivity contribution is 5.94. The van der Waals surface area contributed by atoms with Crippen LogP contribution in [0, 0.1) is 6.92 Å². The molecule has 184 valence electrons. The number of fused-ring (bicyclic) bond motifs is 2. The lowest BCUT2D eigenvalue weighted by molar-refractivity contribution is 0.0748. The number of hydrogen-bond donors (Lipinski definition) is 1. The van der Waals surface area contributed by atoms with Gasteiger partial charge in [-0.3, -0.25) is 19.4 Å². The summed E-state index contributed by atoms with van der Waals surface area (Å²) in [5.41, 5.74) is 8.00. The van der Waals surface area contributed by atoms with E-state index in [1.54, 1.807) is 29.0 Å². The zero-order chi connectivity index (χ0) is 25.1. The van der Waals surface area contributed by atoms with Crippen LogP contribution in [-0.4, -0.2) is 50.1 Å². The van der Waals surface area contributed by atoms with Crippen LogP contribution in [0.25, 0.3) is 34.2 Å². The van der Waals surface area contributed by atoms with E-state index in [2.05, 4.69) is 25.7 Å². The Hall–Kier alpha value is -4.60. The highest BCUT2D eigenvalue weighted by Crippen LogP contribution is 2.36. The van der Waals surface area contributed by atoms with Gasteiger partial charge in [-0.15, -0.1) is 0 Å². The fourth-order valence-electron chi connectivity index (χ4n) is 5.29. The molecule has 0 saturated heterocycles. The van der Waals surface area contributed by atoms with Gasteiger partial charge in [-0.2, -0.15) is 5.10 Å². The van der Waals surface area contributed by atoms with Crippen LogP contribution >= 0.6 is 0 Å². The molecule has 0 saturated carbocycles. The standard InChI is InChI=1S/C27H25N9O/c1-16-5-3-6-19(30-16)24-25(36-10-4-7-23(36)33-24)17-8-9-28-20(11-17)26-31-21-14-35(15-22(21)32-26)27(37)18-12-29-34(2)13-18/h3,5-6,8-9,11-13H,4,7,10,14-15H2,1-2H3,(H,31,32). The van der Waals surface area contributed by atoms with Crippen LogP contribution in [0.5, 0.6) is 0 Å². The maximum Gasteiger partial charge on any atom is 0.257 e. The van der Waals surface area contributed by atoms with Crippen molar-refractivity contribution >= 4 is 5.91 Å². The minimum absolute atomic E-state index is 0.0481. The van der Waals surface area contributed by atoms with Gasteiger partial charge in [-0.25, -0.2) is 9.97 Å². The monoisotopic (exact) mass is 491 g/mol. The molecule has 0 atom stereocenters. The molecule has 0 aliphatic carbocycles. The van der Waals surface area contributed by atoms with Crippen LogP contribution in [0.1, 0.15) is 39.7 Å². The Morgan fingerprint density at radius 3 is 2.81 bits per heavy atom. The molecule has 5 aromatic heterocycles. The second-order valence-electron chi connectivity index (χ2n) is 9.65. The van der Waals surface area contributed by atoms with Gasteiger partial charge in [-0.05, 0) is 37.6 Å². The van der Waals surface area contributed by atoms with Crippen LogP contribution in [0.15, 0.2) is 48.9 Å². The molecule has 0 spiro atoms. The van der Waals surface area contributed by atoms with E-state index in [1.165, 1.54) is 0 Å². The number of imidazole rings is 2. The number of pyridine rings is 2. The molecule has 0 fully saturated rings. The third-order valence-electron chi connectivity index (χ3n) is 7.03. The number of H-pyrrole nitrogens is 1. The summed E-state index contributed by atoms with van der Waals surface area (Å²) in [4.78, 5) is 37.2. The van der Waals surface area contributed by atoms with Crippen molar-refractivity contribution in [1.82, 2.24) is 44.2 Å². The molecule has 5 aromatic rings. The average Bonchev–Trinajstić information content (AvgIpc) is 3.69. The molecule has 0 bridgehead atoms. The zero-order valence-electron chi connectivity index (χ0n) is 20.6. The number of rotatable bonds is 4. The summed E-state index contributed by atoms with van der Waals surface area (Å²) < 4.78 is 3.94. The fraction of sp³-hybridized carbons (Fsp3) is 0.259. The van der Waals surface area contributed by atoms with Crippen molar-refractivity contribution in [3.05, 3.63) is 77.4 Å². The molecule has 0 radical (unpaired) electrons. The predicted octanol–water partition coefficient (Wildman–Crippen LogP) is 3.54. The number of aryl methyl sites for hydroxylation is 3. The van der Waals surface area contributed by atoms with Crippen molar-refractivity contribution in [3.8, 4) is 34.2 Å². The number of aromatic nitrogens is 8. The number of nitrogens with zero attached hydrogens (tertiary/aromatic N) is 8. The first-order valence-corrected chi connectivity index (χ1v) is 12.4. The molecule has 37 heavy (non-hydrogen) atoms. The van der Waals surface area contributed by atoms with Crippen LogP contribution in [0.3, 0.4) is 0 Å². The summed E-state index contributed by atoms with van der Waals surface area (Å²) in [7, 11) is 1.80. The summed E-state index contributed by atoms with van der Waals surface area (Å²) in [5.74, 6) is 1.76. The minimum Gasteiger partial charge on any atom is -0.339 e. The zero-order valence-corrected chi connectivity index (χ0v) is 20.6. The van der Waals surface area contributed by atoms with Gasteiger partial charge in [0.05, 0.1) is 47.6 Å². The van der Waals surface area contributed by atoms with Gasteiger partial charge in [0.2, 0.25) is 0 Å². The quantitative estimate of drug-likeness (QED) is 0.412. The lowest BCUT2D eigenvalue weighted by Crippen LogP contribution is -2.25. The van der Waals surface area contributed by atoms with E-state index < -0.39 is 0 Å². The molecule has 10 heteroatoms. The van der Waals surface area contributed by atoms with Gasteiger partial charge >= 0.3 is 0 Å². The van der Waals surface area contributed by atoms with Crippen LogP contribution in [0.4, 0.5) is 0 Å². The SMILES string of the molecule is Cc1cccc(-c2nc3n(c2-c2ccnc(-c4nc5c([nH]4)CN(C(=O)c4cnn(C)c4)C5)c2)CCC3)n1. The minimum atomic E-state index is -0.0481. The smallest absolute Gasteiger partial charge is 0.257 e. The van der Waals surface area contributed by atoms with Crippen molar-refractivity contribution < 1.29 is 4.79 Å². The number of carbonyl (C=O) groups excluding carboxylic acids is 1. The molecule has 0 unspecified atom stereocenters. The normalized spacial score (nSPS) is 14.3. The summed E-state index contributed by atoms with van der Waals surface area (Å²) >= 11 is 0. The lowest BCUT2D eigenvalue weighted by atomic mass is 10.1. The molecule has 1 amide bonds. The molecule has 10 nitrogen and oxygen atoms in total. The van der Waals surface area contributed by atoms with Crippen LogP contribution in [-0.2, 0) is 33.1 Å². The summed E-state index contributed by atoms with van der Waals surface area (Å²) in [6.07, 6.45) is 7.21. The molecular formula is C27H25N9O. The number of amides is 1. The molecule has 2 aliphatic heterocycles. The number of hydrogen-bond acceptors (Lipinski definition) is 6. The first-order chi connectivity index (χ1) is 18.0. The number of nitrogens with one attached hydrogen (secondary N) is 1. The highest BCUT2D eigenvalue weighted by atomic mass is 16.2. The van der Waals surface area contributed by atoms with Crippen LogP contribution < -0.4 is 0 Å². The van der Waals surface area contributed by atoms with E-state index in [0.29, 0.717) is 24.5 Å². The van der Waals surface area contributed by atoms with E-state index in [0.717, 1.165) is 70.6 Å². The average molecular weight is 492 g/mol. The summed E-state index contributed by atoms with van der Waals surface area (Å²) in [6, 6.07) is 10.1. The van der Waals surface area contributed by atoms with Gasteiger partial charge in [-0.1, -0.05) is 6.07 Å². The maximum absolute atomic E-state index is 12.8. The van der Waals surface area contributed by atoms with Crippen LogP contribution in [0.2, 0.25) is 0 Å². The first-order valence-electron chi connectivity index (χ1n) is 12.4. The van der Waals surface area contributed by atoms with E-state index in [4.69, 9.17) is 15.0 Å². The lowest BCUT2D eigenvalue weighted by Gasteiger charge is -2.14. The molecule has 7 rings (SSSR count). The van der Waals surface area contributed by atoms with E-state index in [9.17, 15) is 4.79 Å². The Bertz CT molecular complexity index is 1650. The molecule has 1 N–H and O–H groups in total. The number of aromatic amines is 1. The highest BCUT2D eigenvalue weighted by Gasteiger charge is 2.29. The van der Waals surface area contributed by atoms with Crippen molar-refractivity contribution in [2.24, 2.45) is 7.05 Å². The molecule has 0 aromatic carbocycles. The van der Waals surface area contributed by atoms with Crippen molar-refractivity contribution in [2.45, 2.75) is 39.4 Å². The van der Waals surface area contributed by atoms with Gasteiger partial charge in [0.1, 0.15) is 17.2 Å². The van der Waals surface area contributed by atoms with E-state index in [-0.39, 0.29) is 5.91 Å². The molecule has 7 heterocycles. The van der Waals surface area contributed by atoms with Gasteiger partial charge < -0.3 is 14.5 Å². The summed E-state index contributed by atoms with van der Waals surface area (Å²) in [6.45, 7) is 3.88. The van der Waals surface area contributed by atoms with Crippen molar-refractivity contribution in [1.29, 1.82) is 0 Å². The second-order valence-corrected chi connectivity index (χ2v) is 9.65. The fourth-order valence-corrected chi connectivity index (χ4v) is 5.29. The Balaban J connectivity index is 1.21. The number of carbonyl (C=O) groups is 1. The Morgan fingerprint density at radius 1 is 1.08 bits per heavy atom. The Morgan fingerprint density at radius 2 is 2.00 bits per heavy atom. The maximum atomic E-state index is 12.8.